The number of nitrogens with one attached hydrogen (secondary N) is 3. The lowest BCUT2D eigenvalue weighted by Crippen LogP contribution is -2.48. The van der Waals surface area contributed by atoms with E-state index in [0.717, 1.165) is 93.3 Å². The van der Waals surface area contributed by atoms with E-state index in [1.807, 2.05) is 18.2 Å². The number of methoxy groups -OCH3 is 1. The van der Waals surface area contributed by atoms with E-state index in [1.54, 1.807) is 49.0 Å². The lowest BCUT2D eigenvalue weighted by molar-refractivity contribution is -0.134. The summed E-state index contributed by atoms with van der Waals surface area (Å²) in [4.78, 5) is 83.9. The summed E-state index contributed by atoms with van der Waals surface area (Å²) in [5, 5.41) is 13.7. The van der Waals surface area contributed by atoms with Crippen molar-refractivity contribution in [2.75, 3.05) is 75.6 Å². The number of nitrogens with zero attached hydrogens (tertiary/aromatic N) is 5. The number of hydrogen-bond acceptors (Lipinski definition) is 13. The van der Waals surface area contributed by atoms with Gasteiger partial charge in [0, 0.05) is 57.7 Å². The van der Waals surface area contributed by atoms with Crippen LogP contribution in [-0.4, -0.2) is 133 Å². The van der Waals surface area contributed by atoms with Gasteiger partial charge in [-0.2, -0.15) is 5.10 Å². The van der Waals surface area contributed by atoms with Gasteiger partial charge >= 0.3 is 0 Å². The minimum atomic E-state index is -3.67. The van der Waals surface area contributed by atoms with Crippen LogP contribution in [0.2, 0.25) is 0 Å². The number of aromatic nitrogens is 2. The first kappa shape index (κ1) is 49.7. The van der Waals surface area contributed by atoms with Crippen LogP contribution in [0.4, 0.5) is 11.4 Å². The van der Waals surface area contributed by atoms with E-state index >= 15 is 0 Å². The Labute approximate surface area is 397 Å². The topological polar surface area (TPSA) is 219 Å². The Morgan fingerprint density at radius 1 is 0.838 bits per heavy atom. The van der Waals surface area contributed by atoms with Crippen LogP contribution in [0.5, 0.6) is 11.5 Å². The van der Waals surface area contributed by atoms with Gasteiger partial charge in [0.05, 0.1) is 71.7 Å². The van der Waals surface area contributed by atoms with Crippen LogP contribution in [0, 0.1) is 0 Å². The molecule has 2 saturated heterocycles. The van der Waals surface area contributed by atoms with E-state index in [-0.39, 0.29) is 59.8 Å². The van der Waals surface area contributed by atoms with Crippen LogP contribution >= 0.6 is 0 Å². The van der Waals surface area contributed by atoms with Gasteiger partial charge in [0.1, 0.15) is 9.84 Å². The molecule has 3 aromatic carbocycles. The number of piperazine rings is 1. The highest BCUT2D eigenvalue weighted by Gasteiger charge is 2.43. The van der Waals surface area contributed by atoms with Crippen LogP contribution < -0.4 is 25.4 Å². The fourth-order valence-corrected chi connectivity index (χ4v) is 10.3. The molecule has 7 rings (SSSR count). The number of anilines is 2. The molecule has 364 valence electrons. The highest BCUT2D eigenvalue weighted by molar-refractivity contribution is 7.90. The van der Waals surface area contributed by atoms with Crippen molar-refractivity contribution in [1.29, 1.82) is 0 Å². The Balaban J connectivity index is 0.789. The number of ether oxygens (including phenoxy) is 2. The number of para-hydroxylation sites is 1. The molecule has 0 radical (unpaired) electrons. The van der Waals surface area contributed by atoms with Gasteiger partial charge in [-0.25, -0.2) is 8.42 Å². The van der Waals surface area contributed by atoms with E-state index < -0.39 is 39.4 Å². The number of imide groups is 2. The number of hydrogen-bond donors (Lipinski definition) is 3. The van der Waals surface area contributed by atoms with Gasteiger partial charge in [-0.3, -0.25) is 48.6 Å². The van der Waals surface area contributed by atoms with Crippen LogP contribution in [0.1, 0.15) is 115 Å². The first-order valence-corrected chi connectivity index (χ1v) is 25.5. The van der Waals surface area contributed by atoms with Crippen LogP contribution in [0.25, 0.3) is 10.9 Å². The average Bonchev–Trinajstić information content (AvgIpc) is 3.77. The maximum Gasteiger partial charge on any atom is 0.264 e. The molecule has 4 heterocycles. The zero-order valence-corrected chi connectivity index (χ0v) is 40.1. The molecule has 6 amide bonds. The monoisotopic (exact) mass is 954 g/mol. The van der Waals surface area contributed by atoms with Crippen molar-refractivity contribution in [1.82, 2.24) is 29.8 Å². The van der Waals surface area contributed by atoms with Crippen molar-refractivity contribution in [2.24, 2.45) is 7.05 Å². The quantitative estimate of drug-likeness (QED) is 0.0683. The summed E-state index contributed by atoms with van der Waals surface area (Å²) in [6, 6.07) is 13.9. The molecule has 2 atom stereocenters. The van der Waals surface area contributed by atoms with E-state index in [9.17, 15) is 37.2 Å². The summed E-state index contributed by atoms with van der Waals surface area (Å²) in [7, 11) is -0.409. The second kappa shape index (κ2) is 22.3. The zero-order chi connectivity index (χ0) is 48.5. The summed E-state index contributed by atoms with van der Waals surface area (Å²) >= 11 is 0. The number of rotatable bonds is 22. The third-order valence-corrected chi connectivity index (χ3v) is 13.7. The predicted molar refractivity (Wildman–Crippen MR) is 256 cm³/mol. The van der Waals surface area contributed by atoms with E-state index in [2.05, 4.69) is 30.8 Å². The molecule has 0 saturated carbocycles. The molecule has 18 nitrogen and oxygen atoms in total. The van der Waals surface area contributed by atoms with Crippen molar-refractivity contribution in [3.8, 4) is 11.5 Å². The average molecular weight is 955 g/mol. The number of carbonyl (C=O) groups excluding carboxylic acids is 6. The second-order valence-corrected chi connectivity index (χ2v) is 20.0. The molecular formula is C49H62N8O10S. The molecule has 2 unspecified atom stereocenters. The van der Waals surface area contributed by atoms with Gasteiger partial charge in [0.15, 0.2) is 11.5 Å². The maximum atomic E-state index is 14.0. The first-order valence-electron chi connectivity index (χ1n) is 23.5. The summed E-state index contributed by atoms with van der Waals surface area (Å²) in [6.07, 6.45) is 8.84. The van der Waals surface area contributed by atoms with Crippen LogP contribution in [0.3, 0.4) is 0 Å². The summed E-state index contributed by atoms with van der Waals surface area (Å²) < 4.78 is 38.0. The fraction of sp³-hybridized carbons (Fsp3) is 0.490. The minimum Gasteiger partial charge on any atom is -0.493 e. The SMILES string of the molecule is CCOc1cc(C(CS(C)(=O)=O)N2C(=O)c3cccc(NC(=O)CCCCCCCCCN4CCN(CC(=O)Nc5cccc6c(C7CCC(=O)NC7=O)nn(C)c56)CC4)c3C2=O)ccc1OC. The Bertz CT molecular complexity index is 2660. The summed E-state index contributed by atoms with van der Waals surface area (Å²) in [5.74, 6) is -2.60. The number of benzene rings is 3. The van der Waals surface area contributed by atoms with Gasteiger partial charge in [-0.15, -0.1) is 0 Å². The lowest BCUT2D eigenvalue weighted by atomic mass is 9.92. The highest BCUT2D eigenvalue weighted by Crippen LogP contribution is 2.39. The predicted octanol–water partition coefficient (Wildman–Crippen LogP) is 5.20. The van der Waals surface area contributed by atoms with Crippen LogP contribution in [-0.2, 0) is 36.1 Å². The fourth-order valence-electron chi connectivity index (χ4n) is 9.42. The minimum absolute atomic E-state index is 0.0359. The van der Waals surface area contributed by atoms with Crippen molar-refractivity contribution in [3.05, 3.63) is 77.0 Å². The van der Waals surface area contributed by atoms with Gasteiger partial charge in [0.2, 0.25) is 23.6 Å². The molecule has 3 aliphatic heterocycles. The number of aryl methyl sites for hydroxylation is 1. The van der Waals surface area contributed by atoms with Gasteiger partial charge in [-0.05, 0) is 68.6 Å². The molecule has 0 aliphatic carbocycles. The van der Waals surface area contributed by atoms with Gasteiger partial charge < -0.3 is 25.0 Å². The molecule has 0 spiro atoms. The van der Waals surface area contributed by atoms with Gasteiger partial charge in [0.25, 0.3) is 11.8 Å². The zero-order valence-electron chi connectivity index (χ0n) is 39.3. The summed E-state index contributed by atoms with van der Waals surface area (Å²) in [6.45, 7) is 6.75. The van der Waals surface area contributed by atoms with Crippen molar-refractivity contribution >= 4 is 67.6 Å². The van der Waals surface area contributed by atoms with Crippen molar-refractivity contribution in [3.63, 3.8) is 0 Å². The molecule has 68 heavy (non-hydrogen) atoms. The Hall–Kier alpha value is -6.18. The molecule has 19 heteroatoms. The normalized spacial score (nSPS) is 17.3. The van der Waals surface area contributed by atoms with Crippen molar-refractivity contribution in [2.45, 2.75) is 83.1 Å². The molecule has 3 N–H and O–H groups in total. The molecule has 4 aromatic rings. The largest absolute Gasteiger partial charge is 0.493 e. The number of carbonyl (C=O) groups is 6. The molecular weight excluding hydrogens is 893 g/mol. The Kier molecular flexibility index (Phi) is 16.3. The number of unbranched alkanes of at least 4 members (excludes halogenated alkanes) is 6. The third-order valence-electron chi connectivity index (χ3n) is 12.8. The molecule has 0 bridgehead atoms. The van der Waals surface area contributed by atoms with E-state index in [1.165, 1.54) is 13.2 Å². The number of fused-ring (bicyclic) bond motifs is 2. The number of amides is 6. The third kappa shape index (κ3) is 11.9. The van der Waals surface area contributed by atoms with Crippen LogP contribution in [0.15, 0.2) is 54.6 Å². The smallest absolute Gasteiger partial charge is 0.264 e. The molecule has 1 aromatic heterocycles. The Morgan fingerprint density at radius 3 is 2.22 bits per heavy atom. The standard InChI is InChI=1S/C49H62N8O10S/c1-5-67-40-29-32(20-22-39(40)66-3)38(31-68(4,64)65)57-48(62)33-15-13-17-36(44(33)49(57)63)50-41(58)19-11-9-7-6-8-10-12-24-55-25-27-56(28-26-55)30-43(60)51-37-18-14-16-34-45(53-54(2)46(34)37)35-21-23-42(59)52-47(35)61/h13-18,20,22,29,35,38H,5-12,19,21,23-28,30-31H2,1-4H3,(H,50,58)(H,51,60)(H,52,59,61). The summed E-state index contributed by atoms with van der Waals surface area (Å²) in [5.41, 5.74) is 2.70. The van der Waals surface area contributed by atoms with Gasteiger partial charge in [-0.1, -0.05) is 56.4 Å². The maximum absolute atomic E-state index is 14.0. The molecule has 2 fully saturated rings. The van der Waals surface area contributed by atoms with E-state index in [4.69, 9.17) is 9.47 Å². The number of piperidine rings is 1. The highest BCUT2D eigenvalue weighted by atomic mass is 32.2. The number of sulfone groups is 1. The Morgan fingerprint density at radius 2 is 1.51 bits per heavy atom. The van der Waals surface area contributed by atoms with Crippen molar-refractivity contribution < 1.29 is 46.7 Å². The lowest BCUT2D eigenvalue weighted by Gasteiger charge is -2.34. The molecule has 3 aliphatic rings. The second-order valence-electron chi connectivity index (χ2n) is 17.8. The van der Waals surface area contributed by atoms with E-state index in [0.29, 0.717) is 47.9 Å². The first-order chi connectivity index (χ1) is 32.6.